The Morgan fingerprint density at radius 1 is 1.35 bits per heavy atom. The Labute approximate surface area is 118 Å². The van der Waals surface area contributed by atoms with E-state index >= 15 is 0 Å². The van der Waals surface area contributed by atoms with Crippen LogP contribution in [0, 0.1) is 0 Å². The largest absolute Gasteiger partial charge is 0.497 e. The van der Waals surface area contributed by atoms with Gasteiger partial charge in [-0.05, 0) is 38.5 Å². The Hall–Kier alpha value is -2.24. The molecular weight excluding hydrogens is 260 g/mol. The predicted molar refractivity (Wildman–Crippen MR) is 76.5 cm³/mol. The molecule has 110 valence electrons. The summed E-state index contributed by atoms with van der Waals surface area (Å²) in [6.07, 6.45) is 0.759. The molecular formula is C14H20N2O4. The number of anilines is 1. The number of carboxylic acid groups (broad SMARTS) is 1. The molecule has 2 amide bonds. The average molecular weight is 280 g/mol. The number of carbonyl (C=O) groups excluding carboxylic acids is 1. The lowest BCUT2D eigenvalue weighted by Gasteiger charge is -2.24. The monoisotopic (exact) mass is 280 g/mol. The Kier molecular flexibility index (Phi) is 4.96. The van der Waals surface area contributed by atoms with E-state index < -0.39 is 12.0 Å². The first-order valence-corrected chi connectivity index (χ1v) is 6.29. The van der Waals surface area contributed by atoms with Crippen molar-refractivity contribution in [2.75, 3.05) is 12.4 Å². The number of ether oxygens (including phenoxy) is 1. The van der Waals surface area contributed by atoms with Crippen molar-refractivity contribution in [3.63, 3.8) is 0 Å². The quantitative estimate of drug-likeness (QED) is 0.773. The van der Waals surface area contributed by atoms with Gasteiger partial charge in [0.05, 0.1) is 18.4 Å². The van der Waals surface area contributed by atoms with Gasteiger partial charge in [-0.15, -0.1) is 0 Å². The molecule has 0 aliphatic heterocycles. The maximum Gasteiger partial charge on any atom is 0.337 e. The summed E-state index contributed by atoms with van der Waals surface area (Å²) in [4.78, 5) is 23.1. The minimum Gasteiger partial charge on any atom is -0.497 e. The molecule has 0 aliphatic rings. The molecule has 1 aromatic carbocycles. The number of carboxylic acids is 1. The zero-order valence-corrected chi connectivity index (χ0v) is 12.1. The molecule has 0 unspecified atom stereocenters. The lowest BCUT2D eigenvalue weighted by Crippen LogP contribution is -2.45. The third kappa shape index (κ3) is 4.15. The van der Waals surface area contributed by atoms with Crippen molar-refractivity contribution >= 4 is 17.7 Å². The summed E-state index contributed by atoms with van der Waals surface area (Å²) >= 11 is 0. The van der Waals surface area contributed by atoms with E-state index in [0.29, 0.717) is 5.75 Å². The van der Waals surface area contributed by atoms with Gasteiger partial charge in [0.1, 0.15) is 5.75 Å². The number of methoxy groups -OCH3 is 1. The van der Waals surface area contributed by atoms with E-state index in [9.17, 15) is 9.59 Å². The second kappa shape index (κ2) is 6.27. The maximum atomic E-state index is 11.9. The molecule has 0 radical (unpaired) electrons. The molecule has 0 aromatic heterocycles. The van der Waals surface area contributed by atoms with Crippen LogP contribution in [0.2, 0.25) is 0 Å². The maximum absolute atomic E-state index is 11.9. The Morgan fingerprint density at radius 3 is 2.50 bits per heavy atom. The summed E-state index contributed by atoms with van der Waals surface area (Å²) in [6.45, 7) is 5.73. The minimum absolute atomic E-state index is 0.0196. The molecule has 3 N–H and O–H groups in total. The van der Waals surface area contributed by atoms with Crippen LogP contribution in [0.25, 0.3) is 0 Å². The van der Waals surface area contributed by atoms with Crippen molar-refractivity contribution < 1.29 is 19.4 Å². The Balaban J connectivity index is 2.92. The van der Waals surface area contributed by atoms with Crippen molar-refractivity contribution in [2.24, 2.45) is 0 Å². The van der Waals surface area contributed by atoms with E-state index in [1.165, 1.54) is 19.2 Å². The topological polar surface area (TPSA) is 87.7 Å². The van der Waals surface area contributed by atoms with E-state index in [1.807, 2.05) is 20.8 Å². The molecule has 0 heterocycles. The van der Waals surface area contributed by atoms with Gasteiger partial charge < -0.3 is 20.5 Å². The summed E-state index contributed by atoms with van der Waals surface area (Å²) in [6, 6.07) is 4.01. The van der Waals surface area contributed by atoms with Gasteiger partial charge >= 0.3 is 12.0 Å². The summed E-state index contributed by atoms with van der Waals surface area (Å²) in [5.41, 5.74) is -0.156. The summed E-state index contributed by atoms with van der Waals surface area (Å²) in [5.74, 6) is -0.712. The van der Waals surface area contributed by atoms with Crippen LogP contribution in [-0.2, 0) is 0 Å². The molecule has 0 saturated heterocycles. The van der Waals surface area contributed by atoms with E-state index in [-0.39, 0.29) is 16.8 Å². The van der Waals surface area contributed by atoms with Crippen LogP contribution in [0.3, 0.4) is 0 Å². The molecule has 6 nitrogen and oxygen atoms in total. The van der Waals surface area contributed by atoms with Crippen LogP contribution in [-0.4, -0.2) is 29.8 Å². The predicted octanol–water partition coefficient (Wildman–Crippen LogP) is 2.70. The normalized spacial score (nSPS) is 10.8. The van der Waals surface area contributed by atoms with E-state index in [0.717, 1.165) is 6.42 Å². The Bertz CT molecular complexity index is 512. The molecule has 1 aromatic rings. The lowest BCUT2D eigenvalue weighted by atomic mass is 10.0. The SMILES string of the molecule is CCC(C)(C)NC(=O)Nc1ccc(OC)cc1C(=O)O. The summed E-state index contributed by atoms with van der Waals surface area (Å²) in [7, 11) is 1.45. The van der Waals surface area contributed by atoms with Crippen LogP contribution in [0.15, 0.2) is 18.2 Å². The van der Waals surface area contributed by atoms with E-state index in [1.54, 1.807) is 6.07 Å². The van der Waals surface area contributed by atoms with Crippen LogP contribution in [0.4, 0.5) is 10.5 Å². The number of aromatic carboxylic acids is 1. The second-order valence-electron chi connectivity index (χ2n) is 5.03. The lowest BCUT2D eigenvalue weighted by molar-refractivity contribution is 0.0697. The first-order chi connectivity index (χ1) is 9.29. The molecule has 0 saturated carbocycles. The third-order valence-electron chi connectivity index (χ3n) is 3.04. The first kappa shape index (κ1) is 15.8. The van der Waals surface area contributed by atoms with Crippen molar-refractivity contribution in [1.82, 2.24) is 5.32 Å². The number of amides is 2. The zero-order chi connectivity index (χ0) is 15.3. The van der Waals surface area contributed by atoms with Crippen LogP contribution >= 0.6 is 0 Å². The molecule has 0 atom stereocenters. The summed E-state index contributed by atoms with van der Waals surface area (Å²) in [5, 5.41) is 14.5. The van der Waals surface area contributed by atoms with Crippen LogP contribution in [0.1, 0.15) is 37.6 Å². The van der Waals surface area contributed by atoms with Crippen molar-refractivity contribution in [1.29, 1.82) is 0 Å². The fraction of sp³-hybridized carbons (Fsp3) is 0.429. The summed E-state index contributed by atoms with van der Waals surface area (Å²) < 4.78 is 4.97. The van der Waals surface area contributed by atoms with Crippen molar-refractivity contribution in [2.45, 2.75) is 32.7 Å². The van der Waals surface area contributed by atoms with Gasteiger partial charge in [0.25, 0.3) is 0 Å². The highest BCUT2D eigenvalue weighted by molar-refractivity contribution is 6.00. The molecule has 0 aliphatic carbocycles. The van der Waals surface area contributed by atoms with Crippen LogP contribution in [0.5, 0.6) is 5.75 Å². The third-order valence-corrected chi connectivity index (χ3v) is 3.04. The van der Waals surface area contributed by atoms with Crippen LogP contribution < -0.4 is 15.4 Å². The van der Waals surface area contributed by atoms with Crippen molar-refractivity contribution in [3.8, 4) is 5.75 Å². The van der Waals surface area contributed by atoms with Gasteiger partial charge in [0, 0.05) is 5.54 Å². The number of nitrogens with one attached hydrogen (secondary N) is 2. The van der Waals surface area contributed by atoms with Gasteiger partial charge in [-0.2, -0.15) is 0 Å². The molecule has 6 heteroatoms. The number of hydrogen-bond donors (Lipinski definition) is 3. The van der Waals surface area contributed by atoms with Gasteiger partial charge in [0.15, 0.2) is 0 Å². The molecule has 0 spiro atoms. The van der Waals surface area contributed by atoms with Gasteiger partial charge in [-0.1, -0.05) is 6.92 Å². The highest BCUT2D eigenvalue weighted by Gasteiger charge is 2.19. The number of rotatable bonds is 5. The smallest absolute Gasteiger partial charge is 0.337 e. The highest BCUT2D eigenvalue weighted by atomic mass is 16.5. The minimum atomic E-state index is -1.13. The molecule has 0 fully saturated rings. The average Bonchev–Trinajstić information content (AvgIpc) is 2.38. The Morgan fingerprint density at radius 2 is 2.00 bits per heavy atom. The van der Waals surface area contributed by atoms with E-state index in [4.69, 9.17) is 9.84 Å². The fourth-order valence-electron chi connectivity index (χ4n) is 1.49. The van der Waals surface area contributed by atoms with Gasteiger partial charge in [0.2, 0.25) is 0 Å². The molecule has 0 bridgehead atoms. The number of hydrogen-bond acceptors (Lipinski definition) is 3. The van der Waals surface area contributed by atoms with E-state index in [2.05, 4.69) is 10.6 Å². The number of benzene rings is 1. The molecule has 20 heavy (non-hydrogen) atoms. The zero-order valence-electron chi connectivity index (χ0n) is 12.1. The van der Waals surface area contributed by atoms with Gasteiger partial charge in [-0.25, -0.2) is 9.59 Å². The highest BCUT2D eigenvalue weighted by Crippen LogP contribution is 2.22. The number of carbonyl (C=O) groups is 2. The van der Waals surface area contributed by atoms with Crippen molar-refractivity contribution in [3.05, 3.63) is 23.8 Å². The standard InChI is InChI=1S/C14H20N2O4/c1-5-14(2,3)16-13(19)15-11-7-6-9(20-4)8-10(11)12(17)18/h6-8H,5H2,1-4H3,(H,17,18)(H2,15,16,19). The second-order valence-corrected chi connectivity index (χ2v) is 5.03. The molecule has 1 rings (SSSR count). The fourth-order valence-corrected chi connectivity index (χ4v) is 1.49. The first-order valence-electron chi connectivity index (χ1n) is 6.29. The number of urea groups is 1. The van der Waals surface area contributed by atoms with Gasteiger partial charge in [-0.3, -0.25) is 0 Å².